The summed E-state index contributed by atoms with van der Waals surface area (Å²) in [5.74, 6) is 0.648. The molecule has 1 aromatic carbocycles. The van der Waals surface area contributed by atoms with Crippen molar-refractivity contribution in [1.29, 1.82) is 0 Å². The average Bonchev–Trinajstić information content (AvgIpc) is 2.87. The smallest absolute Gasteiger partial charge is 0.328 e. The highest BCUT2D eigenvalue weighted by Gasteiger charge is 2.09. The zero-order chi connectivity index (χ0) is 14.1. The van der Waals surface area contributed by atoms with Crippen LogP contribution in [0.3, 0.4) is 0 Å². The van der Waals surface area contributed by atoms with E-state index in [1.165, 1.54) is 4.52 Å². The van der Waals surface area contributed by atoms with Gasteiger partial charge in [0.05, 0.1) is 0 Å². The first-order valence-electron chi connectivity index (χ1n) is 6.16. The van der Waals surface area contributed by atoms with E-state index in [2.05, 4.69) is 15.3 Å². The van der Waals surface area contributed by atoms with Crippen molar-refractivity contribution in [2.24, 2.45) is 5.73 Å². The summed E-state index contributed by atoms with van der Waals surface area (Å²) in [7, 11) is 1.88. The molecule has 0 bridgehead atoms. The highest BCUT2D eigenvalue weighted by atomic mass is 16.2. The van der Waals surface area contributed by atoms with E-state index in [1.807, 2.05) is 42.3 Å². The predicted octanol–water partition coefficient (Wildman–Crippen LogP) is 0.644. The predicted molar refractivity (Wildman–Crippen MR) is 76.0 cm³/mol. The van der Waals surface area contributed by atoms with E-state index in [1.54, 1.807) is 6.07 Å². The number of aromatic amines is 1. The molecule has 3 rings (SSSR count). The van der Waals surface area contributed by atoms with Crippen molar-refractivity contribution >= 4 is 17.2 Å². The fraction of sp³-hybridized carbons (Fsp3) is 0.154. The molecule has 0 aliphatic heterocycles. The van der Waals surface area contributed by atoms with Gasteiger partial charge in [-0.3, -0.25) is 0 Å². The summed E-state index contributed by atoms with van der Waals surface area (Å²) in [6, 6.07) is 11.4. The van der Waals surface area contributed by atoms with E-state index in [4.69, 9.17) is 5.73 Å². The number of fused-ring (bicyclic) bond motifs is 1. The molecule has 0 fully saturated rings. The van der Waals surface area contributed by atoms with Gasteiger partial charge in [0.15, 0.2) is 11.5 Å². The van der Waals surface area contributed by atoms with Gasteiger partial charge in [0, 0.05) is 19.3 Å². The van der Waals surface area contributed by atoms with E-state index in [0.29, 0.717) is 18.0 Å². The molecule has 3 N–H and O–H groups in total. The van der Waals surface area contributed by atoms with Crippen molar-refractivity contribution in [3.05, 3.63) is 52.4 Å². The maximum atomic E-state index is 11.5. The molecular weight excluding hydrogens is 256 g/mol. The molecular formula is C13H14N6O. The third-order valence-corrected chi connectivity index (χ3v) is 3.14. The van der Waals surface area contributed by atoms with Crippen LogP contribution in [0.5, 0.6) is 0 Å². The Balaban J connectivity index is 2.04. The Morgan fingerprint density at radius 1 is 1.35 bits per heavy atom. The van der Waals surface area contributed by atoms with Crippen LogP contribution in [0, 0.1) is 0 Å². The van der Waals surface area contributed by atoms with Crippen LogP contribution in [0.1, 0.15) is 5.56 Å². The van der Waals surface area contributed by atoms with Crippen LogP contribution in [0.4, 0.5) is 11.5 Å². The zero-order valence-corrected chi connectivity index (χ0v) is 10.9. The van der Waals surface area contributed by atoms with Gasteiger partial charge >= 0.3 is 5.69 Å². The standard InChI is InChI=1S/C13H14N6O/c1-18(10-4-2-3-9(7-10)8-14)12-6-5-11-15-16-13(20)19(11)17-12/h2-7H,8,14H2,1H3,(H,16,20). The van der Waals surface area contributed by atoms with Gasteiger partial charge in [0.1, 0.15) is 0 Å². The highest BCUT2D eigenvalue weighted by molar-refractivity contribution is 5.60. The Morgan fingerprint density at radius 2 is 2.20 bits per heavy atom. The van der Waals surface area contributed by atoms with Crippen LogP contribution >= 0.6 is 0 Å². The van der Waals surface area contributed by atoms with Gasteiger partial charge in [0.25, 0.3) is 0 Å². The molecule has 0 unspecified atom stereocenters. The van der Waals surface area contributed by atoms with Gasteiger partial charge in [-0.15, -0.1) is 5.10 Å². The Labute approximate surface area is 114 Å². The maximum absolute atomic E-state index is 11.5. The van der Waals surface area contributed by atoms with E-state index in [9.17, 15) is 4.79 Å². The minimum atomic E-state index is -0.356. The minimum Gasteiger partial charge on any atom is -0.328 e. The number of H-pyrrole nitrogens is 1. The topological polar surface area (TPSA) is 92.3 Å². The van der Waals surface area contributed by atoms with Crippen molar-refractivity contribution < 1.29 is 0 Å². The Hall–Kier alpha value is -2.67. The van der Waals surface area contributed by atoms with Crippen molar-refractivity contribution in [2.75, 3.05) is 11.9 Å². The Bertz CT molecular complexity index is 806. The summed E-state index contributed by atoms with van der Waals surface area (Å²) in [4.78, 5) is 13.4. The first-order chi connectivity index (χ1) is 9.69. The minimum absolute atomic E-state index is 0.356. The molecule has 0 aliphatic rings. The SMILES string of the molecule is CN(c1cccc(CN)c1)c1ccc2n[nH]c(=O)n2n1. The Morgan fingerprint density at radius 3 is 3.00 bits per heavy atom. The zero-order valence-electron chi connectivity index (χ0n) is 10.9. The number of hydrogen-bond donors (Lipinski definition) is 2. The van der Waals surface area contributed by atoms with E-state index >= 15 is 0 Å². The lowest BCUT2D eigenvalue weighted by Gasteiger charge is -2.18. The molecule has 7 nitrogen and oxygen atoms in total. The fourth-order valence-corrected chi connectivity index (χ4v) is 2.00. The van der Waals surface area contributed by atoms with Gasteiger partial charge in [-0.05, 0) is 29.8 Å². The fourth-order valence-electron chi connectivity index (χ4n) is 2.00. The summed E-state index contributed by atoms with van der Waals surface area (Å²) in [5.41, 5.74) is 7.77. The lowest BCUT2D eigenvalue weighted by atomic mass is 10.2. The number of benzene rings is 1. The number of rotatable bonds is 3. The largest absolute Gasteiger partial charge is 0.364 e. The monoisotopic (exact) mass is 270 g/mol. The lowest BCUT2D eigenvalue weighted by molar-refractivity contribution is 0.867. The molecule has 2 heterocycles. The second-order valence-electron chi connectivity index (χ2n) is 4.42. The molecule has 2 aromatic heterocycles. The molecule has 0 saturated heterocycles. The summed E-state index contributed by atoms with van der Waals surface area (Å²) in [5, 5.41) is 10.5. The third kappa shape index (κ3) is 2.04. The molecule has 0 atom stereocenters. The van der Waals surface area contributed by atoms with Crippen molar-refractivity contribution in [3.8, 4) is 0 Å². The number of anilines is 2. The quantitative estimate of drug-likeness (QED) is 0.728. The average molecular weight is 270 g/mol. The first kappa shape index (κ1) is 12.4. The number of aromatic nitrogens is 4. The summed E-state index contributed by atoms with van der Waals surface area (Å²) >= 11 is 0. The van der Waals surface area contributed by atoms with Crippen LogP contribution in [0.15, 0.2) is 41.2 Å². The van der Waals surface area contributed by atoms with Crippen LogP contribution in [-0.4, -0.2) is 26.9 Å². The molecule has 7 heteroatoms. The van der Waals surface area contributed by atoms with Crippen molar-refractivity contribution in [3.63, 3.8) is 0 Å². The number of hydrogen-bond acceptors (Lipinski definition) is 5. The van der Waals surface area contributed by atoms with E-state index in [-0.39, 0.29) is 5.69 Å². The second-order valence-corrected chi connectivity index (χ2v) is 4.42. The summed E-state index contributed by atoms with van der Waals surface area (Å²) in [6.07, 6.45) is 0. The molecule has 0 radical (unpaired) electrons. The first-order valence-corrected chi connectivity index (χ1v) is 6.16. The van der Waals surface area contributed by atoms with Gasteiger partial charge in [0.2, 0.25) is 0 Å². The number of nitrogens with one attached hydrogen (secondary N) is 1. The van der Waals surface area contributed by atoms with Crippen molar-refractivity contribution in [1.82, 2.24) is 19.8 Å². The molecule has 20 heavy (non-hydrogen) atoms. The third-order valence-electron chi connectivity index (χ3n) is 3.14. The molecule has 3 aromatic rings. The van der Waals surface area contributed by atoms with Crippen LogP contribution in [0.2, 0.25) is 0 Å². The number of nitrogens with zero attached hydrogens (tertiary/aromatic N) is 4. The molecule has 0 amide bonds. The molecule has 0 spiro atoms. The maximum Gasteiger partial charge on any atom is 0.364 e. The van der Waals surface area contributed by atoms with Gasteiger partial charge in [-0.25, -0.2) is 9.89 Å². The second kappa shape index (κ2) is 4.78. The Kier molecular flexibility index (Phi) is 2.96. The molecule has 0 saturated carbocycles. The van der Waals surface area contributed by atoms with Gasteiger partial charge in [-0.1, -0.05) is 12.1 Å². The van der Waals surface area contributed by atoms with Gasteiger partial charge < -0.3 is 10.6 Å². The summed E-state index contributed by atoms with van der Waals surface area (Å²) < 4.78 is 1.23. The highest BCUT2D eigenvalue weighted by Crippen LogP contribution is 2.22. The molecule has 0 aliphatic carbocycles. The van der Waals surface area contributed by atoms with E-state index in [0.717, 1.165) is 11.3 Å². The molecule has 102 valence electrons. The lowest BCUT2D eigenvalue weighted by Crippen LogP contribution is -2.17. The summed E-state index contributed by atoms with van der Waals surface area (Å²) in [6.45, 7) is 0.481. The van der Waals surface area contributed by atoms with Crippen LogP contribution in [0.25, 0.3) is 5.65 Å². The normalized spacial score (nSPS) is 10.9. The van der Waals surface area contributed by atoms with Crippen molar-refractivity contribution in [2.45, 2.75) is 6.54 Å². The van der Waals surface area contributed by atoms with E-state index < -0.39 is 0 Å². The number of nitrogens with two attached hydrogens (primary N) is 1. The van der Waals surface area contributed by atoms with Crippen LogP contribution in [-0.2, 0) is 6.54 Å². The van der Waals surface area contributed by atoms with Gasteiger partial charge in [-0.2, -0.15) is 9.61 Å². The van der Waals surface area contributed by atoms with Crippen LogP contribution < -0.4 is 16.3 Å².